The first kappa shape index (κ1) is 19.1. The monoisotopic (exact) mass is 370 g/mol. The molecule has 0 saturated heterocycles. The molecule has 1 aliphatic carbocycles. The second-order valence-corrected chi connectivity index (χ2v) is 6.94. The van der Waals surface area contributed by atoms with Crippen molar-refractivity contribution in [1.82, 2.24) is 9.88 Å². The SMILES string of the molecule is CCCCCc1ccc(C(=O)N(Cc2nc(C(=O)OC)co2)C2CC2)cc1. The number of hydrogen-bond donors (Lipinski definition) is 0. The van der Waals surface area contributed by atoms with Gasteiger partial charge in [0.2, 0.25) is 5.89 Å². The van der Waals surface area contributed by atoms with Gasteiger partial charge in [-0.3, -0.25) is 4.79 Å². The van der Waals surface area contributed by atoms with E-state index in [1.54, 1.807) is 4.90 Å². The molecule has 27 heavy (non-hydrogen) atoms. The molecule has 0 N–H and O–H groups in total. The van der Waals surface area contributed by atoms with Gasteiger partial charge in [-0.1, -0.05) is 31.9 Å². The molecule has 6 nitrogen and oxygen atoms in total. The highest BCUT2D eigenvalue weighted by atomic mass is 16.5. The number of esters is 1. The van der Waals surface area contributed by atoms with Crippen LogP contribution in [0.1, 0.15) is 71.3 Å². The number of benzene rings is 1. The number of unbranched alkanes of at least 4 members (excludes halogenated alkanes) is 2. The maximum Gasteiger partial charge on any atom is 0.360 e. The molecule has 0 bridgehead atoms. The van der Waals surface area contributed by atoms with Crippen LogP contribution in [-0.4, -0.2) is 34.9 Å². The van der Waals surface area contributed by atoms with Gasteiger partial charge in [0.05, 0.1) is 13.7 Å². The lowest BCUT2D eigenvalue weighted by Gasteiger charge is -2.21. The van der Waals surface area contributed by atoms with Crippen LogP contribution in [0.15, 0.2) is 34.9 Å². The molecule has 144 valence electrons. The highest BCUT2D eigenvalue weighted by Gasteiger charge is 2.34. The highest BCUT2D eigenvalue weighted by Crippen LogP contribution is 2.30. The quantitative estimate of drug-likeness (QED) is 0.493. The van der Waals surface area contributed by atoms with E-state index in [-0.39, 0.29) is 24.2 Å². The molecule has 1 heterocycles. The molecule has 0 atom stereocenters. The van der Waals surface area contributed by atoms with Crippen molar-refractivity contribution in [2.45, 2.75) is 58.0 Å². The van der Waals surface area contributed by atoms with Crippen LogP contribution >= 0.6 is 0 Å². The first-order valence-electron chi connectivity index (χ1n) is 9.55. The summed E-state index contributed by atoms with van der Waals surface area (Å²) in [5.74, 6) is -0.241. The number of aromatic nitrogens is 1. The van der Waals surface area contributed by atoms with E-state index in [9.17, 15) is 9.59 Å². The minimum atomic E-state index is -0.548. The predicted octanol–water partition coefficient (Wildman–Crippen LogP) is 4.00. The second kappa shape index (κ2) is 8.84. The van der Waals surface area contributed by atoms with Crippen molar-refractivity contribution < 1.29 is 18.7 Å². The predicted molar refractivity (Wildman–Crippen MR) is 100 cm³/mol. The van der Waals surface area contributed by atoms with E-state index in [1.807, 2.05) is 24.3 Å². The van der Waals surface area contributed by atoms with Crippen LogP contribution in [-0.2, 0) is 17.7 Å². The molecule has 0 spiro atoms. The molecule has 1 aliphatic rings. The van der Waals surface area contributed by atoms with Gasteiger partial charge >= 0.3 is 5.97 Å². The molecule has 1 aromatic heterocycles. The number of nitrogens with zero attached hydrogens (tertiary/aromatic N) is 2. The van der Waals surface area contributed by atoms with E-state index in [2.05, 4.69) is 16.6 Å². The fraction of sp³-hybridized carbons (Fsp3) is 0.476. The van der Waals surface area contributed by atoms with Crippen molar-refractivity contribution in [3.63, 3.8) is 0 Å². The summed E-state index contributed by atoms with van der Waals surface area (Å²) in [6.45, 7) is 2.44. The van der Waals surface area contributed by atoms with Gasteiger partial charge < -0.3 is 14.1 Å². The number of rotatable bonds is 9. The lowest BCUT2D eigenvalue weighted by molar-refractivity contribution is 0.0594. The fourth-order valence-electron chi connectivity index (χ4n) is 3.04. The van der Waals surface area contributed by atoms with Crippen molar-refractivity contribution in [1.29, 1.82) is 0 Å². The number of carbonyl (C=O) groups is 2. The van der Waals surface area contributed by atoms with Gasteiger partial charge in [0.1, 0.15) is 6.26 Å². The van der Waals surface area contributed by atoms with Gasteiger partial charge in [0, 0.05) is 11.6 Å². The summed E-state index contributed by atoms with van der Waals surface area (Å²) in [6.07, 6.45) is 7.86. The Bertz CT molecular complexity index is 778. The Kier molecular flexibility index (Phi) is 6.27. The molecule has 0 unspecified atom stereocenters. The molecular weight excluding hydrogens is 344 g/mol. The van der Waals surface area contributed by atoms with Crippen LogP contribution in [0.4, 0.5) is 0 Å². The van der Waals surface area contributed by atoms with Crippen molar-refractivity contribution in [3.8, 4) is 0 Å². The van der Waals surface area contributed by atoms with E-state index >= 15 is 0 Å². The first-order chi connectivity index (χ1) is 13.1. The van der Waals surface area contributed by atoms with Crippen LogP contribution in [0, 0.1) is 0 Å². The number of amides is 1. The average Bonchev–Trinajstić information content (AvgIpc) is 3.43. The summed E-state index contributed by atoms with van der Waals surface area (Å²) in [7, 11) is 1.29. The smallest absolute Gasteiger partial charge is 0.360 e. The van der Waals surface area contributed by atoms with Crippen LogP contribution < -0.4 is 0 Å². The second-order valence-electron chi connectivity index (χ2n) is 6.94. The molecule has 1 fully saturated rings. The topological polar surface area (TPSA) is 72.6 Å². The van der Waals surface area contributed by atoms with Crippen molar-refractivity contribution >= 4 is 11.9 Å². The van der Waals surface area contributed by atoms with Crippen LogP contribution in [0.3, 0.4) is 0 Å². The molecule has 3 rings (SSSR count). The highest BCUT2D eigenvalue weighted by molar-refractivity contribution is 5.94. The Labute approximate surface area is 159 Å². The normalized spacial score (nSPS) is 13.4. The summed E-state index contributed by atoms with van der Waals surface area (Å²) >= 11 is 0. The number of oxazole rings is 1. The molecule has 1 aromatic carbocycles. The molecule has 6 heteroatoms. The summed E-state index contributed by atoms with van der Waals surface area (Å²) in [6, 6.07) is 8.07. The number of methoxy groups -OCH3 is 1. The minimum absolute atomic E-state index is 0.0320. The zero-order valence-corrected chi connectivity index (χ0v) is 15.9. The number of carbonyl (C=O) groups excluding carboxylic acids is 2. The molecule has 0 aliphatic heterocycles. The van der Waals surface area contributed by atoms with Crippen LogP contribution in [0.25, 0.3) is 0 Å². The van der Waals surface area contributed by atoms with E-state index in [4.69, 9.17) is 4.42 Å². The Morgan fingerprint density at radius 2 is 1.96 bits per heavy atom. The Morgan fingerprint density at radius 3 is 2.59 bits per heavy atom. The van der Waals surface area contributed by atoms with Crippen LogP contribution in [0.5, 0.6) is 0 Å². The summed E-state index contributed by atoms with van der Waals surface area (Å²) in [5.41, 5.74) is 2.04. The third-order valence-electron chi connectivity index (χ3n) is 4.77. The van der Waals surface area contributed by atoms with Gasteiger partial charge in [0.25, 0.3) is 5.91 Å². The maximum absolute atomic E-state index is 13.0. The minimum Gasteiger partial charge on any atom is -0.464 e. The number of ether oxygens (including phenoxy) is 1. The number of aryl methyl sites for hydroxylation is 1. The first-order valence-corrected chi connectivity index (χ1v) is 9.55. The summed E-state index contributed by atoms with van der Waals surface area (Å²) in [5, 5.41) is 0. The molecule has 1 saturated carbocycles. The Hall–Kier alpha value is -2.63. The zero-order valence-electron chi connectivity index (χ0n) is 15.9. The third-order valence-corrected chi connectivity index (χ3v) is 4.77. The summed E-state index contributed by atoms with van der Waals surface area (Å²) in [4.78, 5) is 30.4. The van der Waals surface area contributed by atoms with E-state index < -0.39 is 5.97 Å². The van der Waals surface area contributed by atoms with Crippen LogP contribution in [0.2, 0.25) is 0 Å². The average molecular weight is 370 g/mol. The van der Waals surface area contributed by atoms with Gasteiger partial charge in [-0.2, -0.15) is 0 Å². The van der Waals surface area contributed by atoms with Gasteiger partial charge in [-0.05, 0) is 43.4 Å². The molecular formula is C21H26N2O4. The summed E-state index contributed by atoms with van der Waals surface area (Å²) < 4.78 is 9.99. The largest absolute Gasteiger partial charge is 0.464 e. The Morgan fingerprint density at radius 1 is 1.22 bits per heavy atom. The van der Waals surface area contributed by atoms with Gasteiger partial charge in [0.15, 0.2) is 5.69 Å². The molecule has 0 radical (unpaired) electrons. The number of hydrogen-bond acceptors (Lipinski definition) is 5. The lowest BCUT2D eigenvalue weighted by Crippen LogP contribution is -2.32. The zero-order chi connectivity index (χ0) is 19.2. The standard InChI is InChI=1S/C21H26N2O4/c1-3-4-5-6-15-7-9-16(10-8-15)20(24)23(17-11-12-17)13-19-22-18(14-27-19)21(25)26-2/h7-10,14,17H,3-6,11-13H2,1-2H3. The molecule has 1 amide bonds. The fourth-order valence-corrected chi connectivity index (χ4v) is 3.04. The van der Waals surface area contributed by atoms with E-state index in [0.29, 0.717) is 11.5 Å². The van der Waals surface area contributed by atoms with E-state index in [0.717, 1.165) is 19.3 Å². The van der Waals surface area contributed by atoms with Crippen molar-refractivity contribution in [2.75, 3.05) is 7.11 Å². The van der Waals surface area contributed by atoms with Crippen molar-refractivity contribution in [2.24, 2.45) is 0 Å². The Balaban J connectivity index is 1.67. The van der Waals surface area contributed by atoms with Gasteiger partial charge in [-0.15, -0.1) is 0 Å². The van der Waals surface area contributed by atoms with E-state index in [1.165, 1.54) is 38.2 Å². The lowest BCUT2D eigenvalue weighted by atomic mass is 10.0. The third kappa shape index (κ3) is 4.96. The van der Waals surface area contributed by atoms with Crippen molar-refractivity contribution in [3.05, 3.63) is 53.2 Å². The van der Waals surface area contributed by atoms with Gasteiger partial charge in [-0.25, -0.2) is 9.78 Å². The molecule has 2 aromatic rings. The maximum atomic E-state index is 13.0.